The molecule has 1 atom stereocenters. The van der Waals surface area contributed by atoms with Crippen LogP contribution < -0.4 is 16.4 Å². The summed E-state index contributed by atoms with van der Waals surface area (Å²) in [4.78, 5) is 29.6. The number of pyridine rings is 1. The number of rotatable bonds is 7. The zero-order valence-corrected chi connectivity index (χ0v) is 22.6. The number of nitrogens with zero attached hydrogens (tertiary/aromatic N) is 2. The fraction of sp³-hybridized carbons (Fsp3) is 0.143. The van der Waals surface area contributed by atoms with Gasteiger partial charge in [0.15, 0.2) is 11.6 Å². The number of aryl methyl sites for hydroxylation is 1. The Balaban J connectivity index is 0.00000420. The Morgan fingerprint density at radius 2 is 1.90 bits per heavy atom. The molecule has 0 saturated heterocycles. The van der Waals surface area contributed by atoms with Crippen LogP contribution in [-0.4, -0.2) is 27.9 Å². The molecule has 0 spiro atoms. The highest BCUT2D eigenvalue weighted by molar-refractivity contribution is 6.30. The lowest BCUT2D eigenvalue weighted by atomic mass is 9.97. The Bertz CT molecular complexity index is 1580. The van der Waals surface area contributed by atoms with Gasteiger partial charge in [0.2, 0.25) is 5.91 Å². The highest BCUT2D eigenvalue weighted by Gasteiger charge is 2.21. The molecule has 2 aromatic carbocycles. The van der Waals surface area contributed by atoms with Gasteiger partial charge in [-0.2, -0.15) is 5.26 Å². The van der Waals surface area contributed by atoms with Crippen LogP contribution in [0.25, 0.3) is 22.4 Å². The first-order chi connectivity index (χ1) is 18.1. The van der Waals surface area contributed by atoms with Crippen LogP contribution in [0.3, 0.4) is 0 Å². The number of benzene rings is 2. The predicted molar refractivity (Wildman–Crippen MR) is 152 cm³/mol. The van der Waals surface area contributed by atoms with Crippen LogP contribution in [-0.2, 0) is 4.79 Å². The SMILES string of the molecule is Cc1ccc(C(=O)Nc2nc(-c3ccc(Cl)cc3O)cc(-c3cccc(NC(=O)CC(C)N)c3)c2C#N)o1.Cl. The summed E-state index contributed by atoms with van der Waals surface area (Å²) in [7, 11) is 0. The number of phenols is 1. The summed E-state index contributed by atoms with van der Waals surface area (Å²) in [5.41, 5.74) is 7.92. The highest BCUT2D eigenvalue weighted by Crippen LogP contribution is 2.37. The van der Waals surface area contributed by atoms with E-state index in [0.717, 1.165) is 0 Å². The average molecular weight is 566 g/mol. The highest BCUT2D eigenvalue weighted by atomic mass is 35.5. The van der Waals surface area contributed by atoms with Gasteiger partial charge in [0.05, 0.1) is 5.69 Å². The second kappa shape index (κ2) is 12.5. The molecule has 11 heteroatoms. The van der Waals surface area contributed by atoms with Crippen LogP contribution in [0, 0.1) is 18.3 Å². The molecule has 9 nitrogen and oxygen atoms in total. The fourth-order valence-electron chi connectivity index (χ4n) is 3.83. The summed E-state index contributed by atoms with van der Waals surface area (Å²) >= 11 is 6.01. The first-order valence-electron chi connectivity index (χ1n) is 11.6. The van der Waals surface area contributed by atoms with Gasteiger partial charge in [-0.3, -0.25) is 9.59 Å². The molecule has 4 aromatic rings. The van der Waals surface area contributed by atoms with Gasteiger partial charge in [-0.1, -0.05) is 23.7 Å². The van der Waals surface area contributed by atoms with E-state index in [1.54, 1.807) is 62.4 Å². The van der Waals surface area contributed by atoms with E-state index in [1.807, 2.05) is 0 Å². The van der Waals surface area contributed by atoms with E-state index in [-0.39, 0.29) is 59.4 Å². The number of nitrogens with one attached hydrogen (secondary N) is 2. The first kappa shape index (κ1) is 29.2. The molecule has 1 unspecified atom stereocenters. The quantitative estimate of drug-likeness (QED) is 0.217. The zero-order valence-electron chi connectivity index (χ0n) is 21.0. The second-order valence-electron chi connectivity index (χ2n) is 8.73. The van der Waals surface area contributed by atoms with Crippen LogP contribution in [0.15, 0.2) is 65.1 Å². The lowest BCUT2D eigenvalue weighted by molar-refractivity contribution is -0.116. The van der Waals surface area contributed by atoms with Crippen LogP contribution in [0.5, 0.6) is 5.75 Å². The summed E-state index contributed by atoms with van der Waals surface area (Å²) < 4.78 is 5.41. The van der Waals surface area contributed by atoms with Crippen molar-refractivity contribution in [2.75, 3.05) is 10.6 Å². The van der Waals surface area contributed by atoms with E-state index >= 15 is 0 Å². The number of carbonyl (C=O) groups is 2. The molecule has 0 saturated carbocycles. The van der Waals surface area contributed by atoms with Crippen molar-refractivity contribution in [3.63, 3.8) is 0 Å². The smallest absolute Gasteiger partial charge is 0.292 e. The summed E-state index contributed by atoms with van der Waals surface area (Å²) in [5.74, 6) is -0.403. The van der Waals surface area contributed by atoms with Gasteiger partial charge in [0.25, 0.3) is 5.91 Å². The standard InChI is InChI=1S/C28H24ClN5O4.ClH/c1-15(31)10-26(36)32-19-5-3-4-17(11-19)21-13-23(20-8-7-18(29)12-24(20)35)33-27(22(21)14-30)34-28(37)25-9-6-16(2)38-25;/h3-9,11-13,15,35H,10,31H2,1-2H3,(H,32,36)(H,33,34,37);1H. The van der Waals surface area contributed by atoms with E-state index in [2.05, 4.69) is 21.7 Å². The number of furan rings is 1. The van der Waals surface area contributed by atoms with E-state index in [0.29, 0.717) is 33.2 Å². The van der Waals surface area contributed by atoms with Crippen LogP contribution in [0.4, 0.5) is 11.5 Å². The number of anilines is 2. The molecule has 5 N–H and O–H groups in total. The van der Waals surface area contributed by atoms with Crippen molar-refractivity contribution in [2.24, 2.45) is 5.73 Å². The molecule has 0 fully saturated rings. The Kier molecular flexibility index (Phi) is 9.33. The van der Waals surface area contributed by atoms with Crippen molar-refractivity contribution in [3.8, 4) is 34.2 Å². The molecule has 39 heavy (non-hydrogen) atoms. The molecule has 2 amide bonds. The number of carbonyl (C=O) groups excluding carboxylic acids is 2. The molecule has 0 radical (unpaired) electrons. The van der Waals surface area contributed by atoms with Gasteiger partial charge >= 0.3 is 0 Å². The number of aromatic hydroxyl groups is 1. The number of aromatic nitrogens is 1. The molecule has 0 aliphatic carbocycles. The maximum Gasteiger partial charge on any atom is 0.292 e. The number of halogens is 2. The molecule has 0 aliphatic heterocycles. The third-order valence-electron chi connectivity index (χ3n) is 5.53. The van der Waals surface area contributed by atoms with E-state index in [9.17, 15) is 20.0 Å². The second-order valence-corrected chi connectivity index (χ2v) is 9.16. The molecule has 0 bridgehead atoms. The van der Waals surface area contributed by atoms with Crippen molar-refractivity contribution < 1.29 is 19.1 Å². The number of hydrogen-bond acceptors (Lipinski definition) is 7. The van der Waals surface area contributed by atoms with Crippen molar-refractivity contribution in [3.05, 3.63) is 82.8 Å². The minimum absolute atomic E-state index is 0. The summed E-state index contributed by atoms with van der Waals surface area (Å²) in [6, 6.07) is 18.0. The number of amides is 2. The van der Waals surface area contributed by atoms with Crippen LogP contribution in [0.1, 0.15) is 35.2 Å². The van der Waals surface area contributed by atoms with Crippen molar-refractivity contribution in [1.29, 1.82) is 5.26 Å². The molecular weight excluding hydrogens is 541 g/mol. The van der Waals surface area contributed by atoms with E-state index < -0.39 is 5.91 Å². The minimum Gasteiger partial charge on any atom is -0.507 e. The van der Waals surface area contributed by atoms with Crippen molar-refractivity contribution >= 4 is 47.3 Å². The third-order valence-corrected chi connectivity index (χ3v) is 5.76. The number of phenolic OH excluding ortho intramolecular Hbond substituents is 1. The summed E-state index contributed by atoms with van der Waals surface area (Å²) in [5, 5.41) is 26.4. The molecule has 2 aromatic heterocycles. The molecule has 0 aliphatic rings. The largest absolute Gasteiger partial charge is 0.507 e. The molecule has 2 heterocycles. The summed E-state index contributed by atoms with van der Waals surface area (Å²) in [6.45, 7) is 3.44. The third kappa shape index (κ3) is 6.94. The molecular formula is C28H25Cl2N5O4. The van der Waals surface area contributed by atoms with Gasteiger partial charge in [-0.25, -0.2) is 4.98 Å². The maximum atomic E-state index is 12.9. The topological polar surface area (TPSA) is 154 Å². The van der Waals surface area contributed by atoms with E-state index in [4.69, 9.17) is 21.8 Å². The summed E-state index contributed by atoms with van der Waals surface area (Å²) in [6.07, 6.45) is 0.144. The number of nitrogens with two attached hydrogens (primary N) is 1. The normalized spacial score (nSPS) is 11.2. The van der Waals surface area contributed by atoms with Gasteiger partial charge < -0.3 is 25.9 Å². The van der Waals surface area contributed by atoms with Gasteiger partial charge in [0.1, 0.15) is 23.1 Å². The van der Waals surface area contributed by atoms with Crippen LogP contribution >= 0.6 is 24.0 Å². The minimum atomic E-state index is -0.595. The number of nitriles is 1. The van der Waals surface area contributed by atoms with Crippen molar-refractivity contribution in [2.45, 2.75) is 26.3 Å². The zero-order chi connectivity index (χ0) is 27.4. The van der Waals surface area contributed by atoms with Gasteiger partial charge in [0, 0.05) is 34.3 Å². The average Bonchev–Trinajstić information content (AvgIpc) is 3.29. The molecule has 4 rings (SSSR count). The van der Waals surface area contributed by atoms with Crippen molar-refractivity contribution in [1.82, 2.24) is 4.98 Å². The predicted octanol–water partition coefficient (Wildman–Crippen LogP) is 5.90. The van der Waals surface area contributed by atoms with Crippen LogP contribution in [0.2, 0.25) is 5.02 Å². The molecule has 200 valence electrons. The monoisotopic (exact) mass is 565 g/mol. The Morgan fingerprint density at radius 3 is 2.54 bits per heavy atom. The Morgan fingerprint density at radius 1 is 1.13 bits per heavy atom. The Hall–Kier alpha value is -4.36. The fourth-order valence-corrected chi connectivity index (χ4v) is 4.00. The first-order valence-corrected chi connectivity index (χ1v) is 12.0. The lowest BCUT2D eigenvalue weighted by Crippen LogP contribution is -2.23. The Labute approximate surface area is 236 Å². The number of hydrogen-bond donors (Lipinski definition) is 4. The lowest BCUT2D eigenvalue weighted by Gasteiger charge is -2.15. The maximum absolute atomic E-state index is 12.9. The van der Waals surface area contributed by atoms with Gasteiger partial charge in [-0.05, 0) is 67.9 Å². The van der Waals surface area contributed by atoms with E-state index in [1.165, 1.54) is 12.1 Å². The van der Waals surface area contributed by atoms with Gasteiger partial charge in [-0.15, -0.1) is 12.4 Å².